The number of nitrogens with one attached hydrogen (secondary N) is 1. The Labute approximate surface area is 101 Å². The Balaban J connectivity index is 2.21. The second-order valence-electron chi connectivity index (χ2n) is 5.40. The molecule has 2 heterocycles. The topological polar surface area (TPSA) is 15.3 Å². The van der Waals surface area contributed by atoms with Crippen LogP contribution in [0.15, 0.2) is 0 Å². The molecule has 0 saturated carbocycles. The Kier molecular flexibility index (Phi) is 3.42. The highest BCUT2D eigenvalue weighted by Gasteiger charge is 2.53. The third kappa shape index (κ3) is 2.19. The van der Waals surface area contributed by atoms with Gasteiger partial charge in [0.25, 0.3) is 0 Å². The molecule has 0 radical (unpaired) electrons. The summed E-state index contributed by atoms with van der Waals surface area (Å²) in [6.07, 6.45) is -0.477. The molecule has 1 spiro atoms. The maximum absolute atomic E-state index is 12.9. The van der Waals surface area contributed by atoms with Crippen LogP contribution in [0.5, 0.6) is 0 Å². The lowest BCUT2D eigenvalue weighted by molar-refractivity contribution is -0.192. The van der Waals surface area contributed by atoms with E-state index in [4.69, 9.17) is 0 Å². The summed E-state index contributed by atoms with van der Waals surface area (Å²) in [5, 5.41) is 3.34. The number of rotatable bonds is 1. The van der Waals surface area contributed by atoms with Crippen LogP contribution in [0.2, 0.25) is 0 Å². The van der Waals surface area contributed by atoms with Crippen LogP contribution in [0, 0.1) is 0 Å². The van der Waals surface area contributed by atoms with Crippen LogP contribution in [0.4, 0.5) is 13.2 Å². The Morgan fingerprint density at radius 1 is 1.29 bits per heavy atom. The van der Waals surface area contributed by atoms with Gasteiger partial charge in [0.05, 0.1) is 0 Å². The third-order valence-corrected chi connectivity index (χ3v) is 4.56. The smallest absolute Gasteiger partial charge is 0.312 e. The van der Waals surface area contributed by atoms with Crippen molar-refractivity contribution in [1.82, 2.24) is 10.2 Å². The summed E-state index contributed by atoms with van der Waals surface area (Å²) in [5.41, 5.74) is -0.271. The molecule has 2 nitrogen and oxygen atoms in total. The second kappa shape index (κ2) is 4.43. The second-order valence-corrected chi connectivity index (χ2v) is 5.40. The van der Waals surface area contributed by atoms with Gasteiger partial charge in [0.1, 0.15) is 6.04 Å². The summed E-state index contributed by atoms with van der Waals surface area (Å²) in [4.78, 5) is 1.70. The summed E-state index contributed by atoms with van der Waals surface area (Å²) in [6.45, 7) is 4.83. The molecule has 0 bridgehead atoms. The van der Waals surface area contributed by atoms with Crippen LogP contribution in [0.25, 0.3) is 0 Å². The van der Waals surface area contributed by atoms with E-state index in [2.05, 4.69) is 5.32 Å². The zero-order valence-electron chi connectivity index (χ0n) is 10.5. The molecule has 2 fully saturated rings. The highest BCUT2D eigenvalue weighted by Crippen LogP contribution is 2.42. The van der Waals surface area contributed by atoms with E-state index in [-0.39, 0.29) is 11.6 Å². The third-order valence-electron chi connectivity index (χ3n) is 4.56. The van der Waals surface area contributed by atoms with Gasteiger partial charge in [-0.3, -0.25) is 4.90 Å². The molecule has 0 aromatic heterocycles. The number of likely N-dealkylation sites (tertiary alicyclic amines) is 1. The van der Waals surface area contributed by atoms with E-state index in [0.29, 0.717) is 6.54 Å². The molecule has 3 atom stereocenters. The van der Waals surface area contributed by atoms with E-state index in [9.17, 15) is 13.2 Å². The molecule has 17 heavy (non-hydrogen) atoms. The highest BCUT2D eigenvalue weighted by atomic mass is 19.4. The predicted octanol–water partition coefficient (Wildman–Crippen LogP) is 2.54. The van der Waals surface area contributed by atoms with E-state index in [1.807, 2.05) is 6.92 Å². The van der Waals surface area contributed by atoms with Gasteiger partial charge in [-0.15, -0.1) is 0 Å². The molecule has 0 aliphatic carbocycles. The number of halogens is 3. The fraction of sp³-hybridized carbons (Fsp3) is 1.00. The van der Waals surface area contributed by atoms with Crippen molar-refractivity contribution >= 4 is 0 Å². The summed E-state index contributed by atoms with van der Waals surface area (Å²) in [6, 6.07) is -1.17. The molecule has 0 aromatic carbocycles. The summed E-state index contributed by atoms with van der Waals surface area (Å²) >= 11 is 0. The van der Waals surface area contributed by atoms with E-state index in [1.165, 1.54) is 6.92 Å². The molecule has 1 N–H and O–H groups in total. The van der Waals surface area contributed by atoms with Crippen LogP contribution in [-0.2, 0) is 0 Å². The van der Waals surface area contributed by atoms with Crippen molar-refractivity contribution in [2.75, 3.05) is 13.1 Å². The minimum absolute atomic E-state index is 0.156. The maximum Gasteiger partial charge on any atom is 0.403 e. The monoisotopic (exact) mass is 250 g/mol. The number of alkyl halides is 3. The summed E-state index contributed by atoms with van der Waals surface area (Å²) in [5.74, 6) is 0. The molecule has 5 heteroatoms. The SMILES string of the molecule is CC(N1CCCC12CCCNC2C)C(F)(F)F. The first-order valence-corrected chi connectivity index (χ1v) is 6.45. The Morgan fingerprint density at radius 2 is 1.94 bits per heavy atom. The van der Waals surface area contributed by atoms with Gasteiger partial charge in [-0.1, -0.05) is 0 Å². The lowest BCUT2D eigenvalue weighted by Gasteiger charge is -2.49. The van der Waals surface area contributed by atoms with Crippen LogP contribution < -0.4 is 5.32 Å². The fourth-order valence-electron chi connectivity index (χ4n) is 3.53. The van der Waals surface area contributed by atoms with Crippen LogP contribution in [0.1, 0.15) is 39.5 Å². The van der Waals surface area contributed by atoms with Crippen LogP contribution >= 0.6 is 0 Å². The molecular weight excluding hydrogens is 229 g/mol. The molecule has 2 aliphatic heterocycles. The van der Waals surface area contributed by atoms with Gasteiger partial charge in [0.15, 0.2) is 0 Å². The van der Waals surface area contributed by atoms with Crippen molar-refractivity contribution in [2.24, 2.45) is 0 Å². The van der Waals surface area contributed by atoms with Gasteiger partial charge >= 0.3 is 6.18 Å². The number of piperidine rings is 1. The number of hydrogen-bond donors (Lipinski definition) is 1. The normalized spacial score (nSPS) is 37.6. The van der Waals surface area contributed by atoms with Gasteiger partial charge in [0, 0.05) is 11.6 Å². The number of nitrogens with zero attached hydrogens (tertiary/aromatic N) is 1. The molecule has 3 unspecified atom stereocenters. The van der Waals surface area contributed by atoms with Crippen LogP contribution in [0.3, 0.4) is 0 Å². The number of hydrogen-bond acceptors (Lipinski definition) is 2. The van der Waals surface area contributed by atoms with E-state index < -0.39 is 12.2 Å². The van der Waals surface area contributed by atoms with Crippen molar-refractivity contribution in [3.8, 4) is 0 Å². The first-order valence-electron chi connectivity index (χ1n) is 6.45. The van der Waals surface area contributed by atoms with Gasteiger partial charge in [-0.05, 0) is 52.6 Å². The minimum Gasteiger partial charge on any atom is -0.312 e. The predicted molar refractivity (Wildman–Crippen MR) is 60.9 cm³/mol. The van der Waals surface area contributed by atoms with E-state index in [1.54, 1.807) is 4.90 Å². The maximum atomic E-state index is 12.9. The molecule has 2 aliphatic rings. The molecule has 0 amide bonds. The fourth-order valence-corrected chi connectivity index (χ4v) is 3.53. The first-order chi connectivity index (χ1) is 7.88. The van der Waals surface area contributed by atoms with Crippen molar-refractivity contribution in [3.63, 3.8) is 0 Å². The zero-order chi connectivity index (χ0) is 12.7. The van der Waals surface area contributed by atoms with Crippen molar-refractivity contribution in [2.45, 2.75) is 63.3 Å². The molecular formula is C12H21F3N2. The van der Waals surface area contributed by atoms with Gasteiger partial charge < -0.3 is 5.32 Å². The average molecular weight is 250 g/mol. The molecule has 100 valence electrons. The summed E-state index contributed by atoms with van der Waals surface area (Å²) in [7, 11) is 0. The average Bonchev–Trinajstić information content (AvgIpc) is 2.65. The Morgan fingerprint density at radius 3 is 2.53 bits per heavy atom. The molecule has 2 rings (SSSR count). The minimum atomic E-state index is -4.12. The largest absolute Gasteiger partial charge is 0.403 e. The van der Waals surface area contributed by atoms with Crippen molar-refractivity contribution < 1.29 is 13.2 Å². The van der Waals surface area contributed by atoms with Gasteiger partial charge in [-0.25, -0.2) is 0 Å². The van der Waals surface area contributed by atoms with Crippen molar-refractivity contribution in [1.29, 1.82) is 0 Å². The lowest BCUT2D eigenvalue weighted by atomic mass is 9.80. The Bertz CT molecular complexity index is 279. The molecule has 2 saturated heterocycles. The molecule has 0 aromatic rings. The van der Waals surface area contributed by atoms with E-state index in [0.717, 1.165) is 32.2 Å². The van der Waals surface area contributed by atoms with Crippen molar-refractivity contribution in [3.05, 3.63) is 0 Å². The standard InChI is InChI=1S/C12H21F3N2/c1-9-11(5-3-7-16-9)6-4-8-17(11)10(2)12(13,14)15/h9-10,16H,3-8H2,1-2H3. The van der Waals surface area contributed by atoms with Gasteiger partial charge in [-0.2, -0.15) is 13.2 Å². The highest BCUT2D eigenvalue weighted by molar-refractivity contribution is 5.06. The Hall–Kier alpha value is -0.290. The first kappa shape index (κ1) is 13.1. The quantitative estimate of drug-likeness (QED) is 0.769. The van der Waals surface area contributed by atoms with E-state index >= 15 is 0 Å². The zero-order valence-corrected chi connectivity index (χ0v) is 10.5. The lowest BCUT2D eigenvalue weighted by Crippen LogP contribution is -2.64. The van der Waals surface area contributed by atoms with Gasteiger partial charge in [0.2, 0.25) is 0 Å². The van der Waals surface area contributed by atoms with Crippen LogP contribution in [-0.4, -0.2) is 41.8 Å². The summed E-state index contributed by atoms with van der Waals surface area (Å²) < 4.78 is 38.7.